The van der Waals surface area contributed by atoms with Crippen molar-refractivity contribution < 1.29 is 4.74 Å². The Kier molecular flexibility index (Phi) is 5.57. The monoisotopic (exact) mass is 419 g/mol. The summed E-state index contributed by atoms with van der Waals surface area (Å²) in [6.45, 7) is 5.51. The molecule has 0 spiro atoms. The minimum absolute atomic E-state index is 0.266. The zero-order valence-corrected chi connectivity index (χ0v) is 18.1. The van der Waals surface area contributed by atoms with Crippen LogP contribution in [0.2, 0.25) is 0 Å². The number of likely N-dealkylation sites (N-methyl/N-ethyl adjacent to an activating group) is 1. The lowest BCUT2D eigenvalue weighted by Crippen LogP contribution is -2.30. The van der Waals surface area contributed by atoms with Gasteiger partial charge in [0.2, 0.25) is 5.95 Å². The Bertz CT molecular complexity index is 1040. The lowest BCUT2D eigenvalue weighted by molar-refractivity contribution is 0.120. The van der Waals surface area contributed by atoms with Crippen molar-refractivity contribution in [2.75, 3.05) is 37.4 Å². The topological polar surface area (TPSA) is 80.1 Å². The molecule has 0 unspecified atom stereocenters. The van der Waals surface area contributed by atoms with Crippen LogP contribution in [0.4, 0.5) is 17.5 Å². The summed E-state index contributed by atoms with van der Waals surface area (Å²) in [6.07, 6.45) is 7.21. The van der Waals surface area contributed by atoms with Crippen LogP contribution in [0.15, 0.2) is 36.7 Å². The number of hydrogen-bond acceptors (Lipinski definition) is 7. The van der Waals surface area contributed by atoms with Crippen LogP contribution in [0.25, 0.3) is 5.69 Å². The van der Waals surface area contributed by atoms with Crippen LogP contribution >= 0.6 is 0 Å². The summed E-state index contributed by atoms with van der Waals surface area (Å²) in [5, 5.41) is 6.93. The van der Waals surface area contributed by atoms with Crippen molar-refractivity contribution in [1.82, 2.24) is 24.4 Å². The number of nitrogens with zero attached hydrogens (tertiary/aromatic N) is 5. The molecule has 0 bridgehead atoms. The fourth-order valence-corrected chi connectivity index (χ4v) is 4.25. The highest BCUT2D eigenvalue weighted by Gasteiger charge is 2.22. The first-order valence-electron chi connectivity index (χ1n) is 11.0. The summed E-state index contributed by atoms with van der Waals surface area (Å²) in [4.78, 5) is 16.3. The molecule has 0 radical (unpaired) electrons. The summed E-state index contributed by atoms with van der Waals surface area (Å²) in [5.41, 5.74) is 4.35. The molecule has 31 heavy (non-hydrogen) atoms. The third kappa shape index (κ3) is 4.40. The van der Waals surface area contributed by atoms with Crippen molar-refractivity contribution >= 4 is 17.5 Å². The zero-order valence-electron chi connectivity index (χ0n) is 18.1. The highest BCUT2D eigenvalue weighted by Crippen LogP contribution is 2.27. The number of aromatic nitrogens is 4. The standard InChI is InChI=1S/C23H29N7O/c1-16-24-10-12-30(16)18-7-5-17(6-8-18)26-23-27-21-9-11-29(2)15-20(21)22(28-23)25-14-19-4-3-13-31-19/h5-8,10,12,19H,3-4,9,11,13-15H2,1-2H3,(H2,25,26,27,28)/t19-/m0/s1. The summed E-state index contributed by atoms with van der Waals surface area (Å²) in [5.74, 6) is 2.51. The molecule has 2 aliphatic heterocycles. The molecule has 8 nitrogen and oxygen atoms in total. The van der Waals surface area contributed by atoms with E-state index in [0.29, 0.717) is 5.95 Å². The molecule has 8 heteroatoms. The maximum absolute atomic E-state index is 5.78. The van der Waals surface area contributed by atoms with Gasteiger partial charge in [-0.3, -0.25) is 0 Å². The van der Waals surface area contributed by atoms with Gasteiger partial charge in [-0.25, -0.2) is 9.97 Å². The van der Waals surface area contributed by atoms with Gasteiger partial charge in [-0.05, 0) is 51.1 Å². The Labute approximate surface area is 182 Å². The van der Waals surface area contributed by atoms with Gasteiger partial charge in [-0.2, -0.15) is 4.98 Å². The van der Waals surface area contributed by atoms with E-state index in [9.17, 15) is 0 Å². The van der Waals surface area contributed by atoms with E-state index in [1.807, 2.05) is 31.5 Å². The van der Waals surface area contributed by atoms with Crippen LogP contribution in [0.5, 0.6) is 0 Å². The third-order valence-electron chi connectivity index (χ3n) is 6.00. The molecule has 4 heterocycles. The second kappa shape index (κ2) is 8.64. The van der Waals surface area contributed by atoms with Crippen molar-refractivity contribution in [2.45, 2.75) is 38.8 Å². The summed E-state index contributed by atoms with van der Waals surface area (Å²) in [7, 11) is 2.14. The second-order valence-corrected chi connectivity index (χ2v) is 8.34. The summed E-state index contributed by atoms with van der Waals surface area (Å²) in [6, 6.07) is 8.23. The normalized spacial score (nSPS) is 18.7. The van der Waals surface area contributed by atoms with Crippen molar-refractivity contribution in [1.29, 1.82) is 0 Å². The highest BCUT2D eigenvalue weighted by atomic mass is 16.5. The van der Waals surface area contributed by atoms with Crippen LogP contribution < -0.4 is 10.6 Å². The maximum atomic E-state index is 5.78. The van der Waals surface area contributed by atoms with Crippen LogP contribution in [-0.4, -0.2) is 57.3 Å². The van der Waals surface area contributed by atoms with Gasteiger partial charge in [0.05, 0.1) is 11.8 Å². The van der Waals surface area contributed by atoms with Gasteiger partial charge in [0.25, 0.3) is 0 Å². The number of fused-ring (bicyclic) bond motifs is 1. The average molecular weight is 420 g/mol. The van der Waals surface area contributed by atoms with Crippen LogP contribution in [0.1, 0.15) is 29.9 Å². The van der Waals surface area contributed by atoms with Crippen LogP contribution in [0, 0.1) is 6.92 Å². The minimum Gasteiger partial charge on any atom is -0.376 e. The number of rotatable bonds is 6. The molecule has 1 atom stereocenters. The van der Waals surface area contributed by atoms with E-state index in [2.05, 4.69) is 44.3 Å². The van der Waals surface area contributed by atoms with Gasteiger partial charge in [-0.15, -0.1) is 0 Å². The molecule has 162 valence electrons. The first-order valence-corrected chi connectivity index (χ1v) is 11.0. The SMILES string of the molecule is Cc1nccn1-c1ccc(Nc2nc3c(c(NC[C@@H]4CCCO4)n2)CN(C)CC3)cc1. The molecular formula is C23H29N7O. The predicted molar refractivity (Wildman–Crippen MR) is 121 cm³/mol. The number of imidazole rings is 1. The minimum atomic E-state index is 0.266. The van der Waals surface area contributed by atoms with E-state index < -0.39 is 0 Å². The van der Waals surface area contributed by atoms with Gasteiger partial charge >= 0.3 is 0 Å². The second-order valence-electron chi connectivity index (χ2n) is 8.34. The van der Waals surface area contributed by atoms with Gasteiger partial charge in [0, 0.05) is 62.0 Å². The largest absolute Gasteiger partial charge is 0.376 e. The number of ether oxygens (including phenoxy) is 1. The summed E-state index contributed by atoms with van der Waals surface area (Å²) >= 11 is 0. The van der Waals surface area contributed by atoms with Crippen molar-refractivity contribution in [2.24, 2.45) is 0 Å². The van der Waals surface area contributed by atoms with Gasteiger partial charge in [0.15, 0.2) is 0 Å². The van der Waals surface area contributed by atoms with Crippen molar-refractivity contribution in [3.8, 4) is 5.69 Å². The molecule has 0 aliphatic carbocycles. The lowest BCUT2D eigenvalue weighted by atomic mass is 10.1. The van der Waals surface area contributed by atoms with Crippen molar-refractivity contribution in [3.05, 3.63) is 53.7 Å². The quantitative estimate of drug-likeness (QED) is 0.635. The molecule has 5 rings (SSSR count). The Hall–Kier alpha value is -2.97. The van der Waals surface area contributed by atoms with E-state index in [1.165, 1.54) is 5.56 Å². The average Bonchev–Trinajstić information content (AvgIpc) is 3.45. The smallest absolute Gasteiger partial charge is 0.229 e. The number of aryl methyl sites for hydroxylation is 1. The number of anilines is 3. The Morgan fingerprint density at radius 2 is 2.06 bits per heavy atom. The Balaban J connectivity index is 1.37. The molecule has 3 aromatic rings. The highest BCUT2D eigenvalue weighted by molar-refractivity contribution is 5.59. The Morgan fingerprint density at radius 3 is 2.81 bits per heavy atom. The van der Waals surface area contributed by atoms with E-state index >= 15 is 0 Å². The molecular weight excluding hydrogens is 390 g/mol. The third-order valence-corrected chi connectivity index (χ3v) is 6.00. The fraction of sp³-hybridized carbons (Fsp3) is 0.435. The van der Waals surface area contributed by atoms with E-state index in [4.69, 9.17) is 14.7 Å². The zero-order chi connectivity index (χ0) is 21.2. The number of nitrogens with one attached hydrogen (secondary N) is 2. The molecule has 2 N–H and O–H groups in total. The Morgan fingerprint density at radius 1 is 1.19 bits per heavy atom. The lowest BCUT2D eigenvalue weighted by Gasteiger charge is -2.27. The fourth-order valence-electron chi connectivity index (χ4n) is 4.25. The van der Waals surface area contributed by atoms with Crippen LogP contribution in [0.3, 0.4) is 0 Å². The molecule has 1 aromatic carbocycles. The van der Waals surface area contributed by atoms with Crippen LogP contribution in [-0.2, 0) is 17.7 Å². The van der Waals surface area contributed by atoms with Gasteiger partial charge in [0.1, 0.15) is 11.6 Å². The summed E-state index contributed by atoms with van der Waals surface area (Å²) < 4.78 is 7.84. The maximum Gasteiger partial charge on any atom is 0.229 e. The molecule has 2 aliphatic rings. The molecule has 2 aromatic heterocycles. The number of hydrogen-bond donors (Lipinski definition) is 2. The van der Waals surface area contributed by atoms with E-state index in [0.717, 1.165) is 74.2 Å². The van der Waals surface area contributed by atoms with Crippen molar-refractivity contribution in [3.63, 3.8) is 0 Å². The predicted octanol–water partition coefficient (Wildman–Crippen LogP) is 3.29. The van der Waals surface area contributed by atoms with Gasteiger partial charge < -0.3 is 24.8 Å². The van der Waals surface area contributed by atoms with E-state index in [1.54, 1.807) is 0 Å². The first-order chi connectivity index (χ1) is 15.2. The molecule has 1 fully saturated rings. The van der Waals surface area contributed by atoms with Gasteiger partial charge in [-0.1, -0.05) is 0 Å². The number of benzene rings is 1. The van der Waals surface area contributed by atoms with E-state index in [-0.39, 0.29) is 6.10 Å². The molecule has 1 saturated heterocycles. The first kappa shape index (κ1) is 20.0. The molecule has 0 saturated carbocycles. The molecule has 0 amide bonds.